The number of halogens is 6. The number of imidazole rings is 1. The predicted octanol–water partition coefficient (Wildman–Crippen LogP) is 4.70. The maximum absolute atomic E-state index is 13.3. The minimum atomic E-state index is -2.81. The summed E-state index contributed by atoms with van der Waals surface area (Å²) < 4.78 is 66.6. The summed E-state index contributed by atoms with van der Waals surface area (Å²) in [7, 11) is 0. The Labute approximate surface area is 163 Å². The number of alkyl halides is 2. The molecule has 0 aliphatic heterocycles. The first kappa shape index (κ1) is 19.9. The number of pyridine rings is 1. The van der Waals surface area contributed by atoms with Crippen molar-refractivity contribution in [1.29, 1.82) is 0 Å². The third kappa shape index (κ3) is 4.35. The average Bonchev–Trinajstić information content (AvgIpc) is 3.06. The van der Waals surface area contributed by atoms with Gasteiger partial charge in [-0.15, -0.1) is 0 Å². The highest BCUT2D eigenvalue weighted by molar-refractivity contribution is 9.10. The first-order valence-electron chi connectivity index (χ1n) is 7.64. The number of nitrogens with one attached hydrogen (secondary N) is 1. The number of aromatic nitrogens is 3. The Morgan fingerprint density at radius 1 is 1.14 bits per heavy atom. The minimum absolute atomic E-state index is 0.0354. The molecular weight excluding hydrogens is 451 g/mol. The highest BCUT2D eigenvalue weighted by Gasteiger charge is 2.17. The van der Waals surface area contributed by atoms with Gasteiger partial charge in [-0.1, -0.05) is 0 Å². The molecule has 28 heavy (non-hydrogen) atoms. The van der Waals surface area contributed by atoms with Crippen LogP contribution in [0.5, 0.6) is 0 Å². The maximum Gasteiger partial charge on any atom is 0.266 e. The van der Waals surface area contributed by atoms with Crippen molar-refractivity contribution in [3.63, 3.8) is 0 Å². The van der Waals surface area contributed by atoms with E-state index in [-0.39, 0.29) is 28.1 Å². The summed E-state index contributed by atoms with van der Waals surface area (Å²) in [6, 6.07) is 2.68. The fourth-order valence-corrected chi connectivity index (χ4v) is 2.74. The van der Waals surface area contributed by atoms with E-state index in [0.717, 1.165) is 24.4 Å². The van der Waals surface area contributed by atoms with E-state index in [2.05, 4.69) is 31.2 Å². The van der Waals surface area contributed by atoms with Crippen LogP contribution in [0.15, 0.2) is 41.5 Å². The third-order valence-corrected chi connectivity index (χ3v) is 4.31. The van der Waals surface area contributed by atoms with Crippen LogP contribution in [0.25, 0.3) is 0 Å². The lowest BCUT2D eigenvalue weighted by molar-refractivity contribution is 0.102. The van der Waals surface area contributed by atoms with E-state index in [0.29, 0.717) is 0 Å². The molecule has 5 nitrogen and oxygen atoms in total. The number of hydrogen-bond donors (Lipinski definition) is 1. The molecule has 1 aromatic carbocycles. The molecule has 0 aliphatic carbocycles. The van der Waals surface area contributed by atoms with Crippen molar-refractivity contribution in [3.8, 4) is 0 Å². The van der Waals surface area contributed by atoms with E-state index in [1.54, 1.807) is 0 Å². The lowest BCUT2D eigenvalue weighted by Gasteiger charge is -2.06. The third-order valence-electron chi connectivity index (χ3n) is 3.65. The smallest absolute Gasteiger partial charge is 0.266 e. The van der Waals surface area contributed by atoms with Gasteiger partial charge in [-0.25, -0.2) is 31.9 Å². The van der Waals surface area contributed by atoms with Crippen LogP contribution in [-0.4, -0.2) is 20.4 Å². The summed E-state index contributed by atoms with van der Waals surface area (Å²) in [6.07, 6.45) is 0.938. The van der Waals surface area contributed by atoms with E-state index in [1.165, 1.54) is 17.1 Å². The number of carbonyl (C=O) groups is 1. The lowest BCUT2D eigenvalue weighted by atomic mass is 10.2. The van der Waals surface area contributed by atoms with Gasteiger partial charge in [-0.3, -0.25) is 4.79 Å². The van der Waals surface area contributed by atoms with Gasteiger partial charge >= 0.3 is 0 Å². The monoisotopic (exact) mass is 460 g/mol. The number of anilines is 1. The second-order valence-electron chi connectivity index (χ2n) is 5.66. The maximum atomic E-state index is 13.3. The van der Waals surface area contributed by atoms with Gasteiger partial charge in [-0.05, 0) is 39.7 Å². The first-order valence-corrected chi connectivity index (χ1v) is 8.44. The summed E-state index contributed by atoms with van der Waals surface area (Å²) in [5.41, 5.74) is -0.389. The molecule has 0 unspecified atom stereocenters. The molecule has 11 heteroatoms. The Bertz CT molecular complexity index is 1020. The molecule has 146 valence electrons. The van der Waals surface area contributed by atoms with Gasteiger partial charge in [0.1, 0.15) is 4.60 Å². The largest absolute Gasteiger partial charge is 0.331 e. The number of benzene rings is 1. The number of nitrogens with zero attached hydrogens (tertiary/aromatic N) is 3. The van der Waals surface area contributed by atoms with Crippen molar-refractivity contribution in [2.75, 3.05) is 5.32 Å². The molecule has 0 spiro atoms. The first-order chi connectivity index (χ1) is 13.2. The zero-order valence-corrected chi connectivity index (χ0v) is 15.4. The number of hydrogen-bond acceptors (Lipinski definition) is 3. The molecule has 2 aromatic heterocycles. The molecule has 2 heterocycles. The number of rotatable bonds is 5. The summed E-state index contributed by atoms with van der Waals surface area (Å²) in [5.74, 6) is -4.84. The zero-order chi connectivity index (χ0) is 20.4. The molecule has 0 aliphatic rings. The van der Waals surface area contributed by atoms with Crippen LogP contribution in [0.4, 0.5) is 27.8 Å². The molecule has 0 radical (unpaired) electrons. The van der Waals surface area contributed by atoms with Crippen LogP contribution in [0.1, 0.15) is 27.9 Å². The fourth-order valence-electron chi connectivity index (χ4n) is 2.35. The van der Waals surface area contributed by atoms with Crippen LogP contribution in [0, 0.1) is 17.5 Å². The summed E-state index contributed by atoms with van der Waals surface area (Å²) in [5, 5.41) is 2.40. The van der Waals surface area contributed by atoms with E-state index in [4.69, 9.17) is 0 Å². The summed E-state index contributed by atoms with van der Waals surface area (Å²) in [4.78, 5) is 19.8. The van der Waals surface area contributed by atoms with Gasteiger partial charge in [-0.2, -0.15) is 0 Å². The fraction of sp³-hybridized carbons (Fsp3) is 0.118. The van der Waals surface area contributed by atoms with Crippen molar-refractivity contribution in [2.24, 2.45) is 0 Å². The van der Waals surface area contributed by atoms with Crippen molar-refractivity contribution in [1.82, 2.24) is 14.5 Å². The molecule has 3 aromatic rings. The van der Waals surface area contributed by atoms with Gasteiger partial charge < -0.3 is 9.88 Å². The number of carbonyl (C=O) groups excluding carboxylic acids is 1. The lowest BCUT2D eigenvalue weighted by Crippen LogP contribution is -2.13. The van der Waals surface area contributed by atoms with Gasteiger partial charge in [0.05, 0.1) is 17.5 Å². The van der Waals surface area contributed by atoms with E-state index >= 15 is 0 Å². The normalized spacial score (nSPS) is 11.1. The second kappa shape index (κ2) is 8.05. The van der Waals surface area contributed by atoms with Crippen molar-refractivity contribution >= 4 is 27.7 Å². The quantitative estimate of drug-likeness (QED) is 0.341. The van der Waals surface area contributed by atoms with Crippen LogP contribution in [0.3, 0.4) is 0 Å². The highest BCUT2D eigenvalue weighted by atomic mass is 79.9. The van der Waals surface area contributed by atoms with Gasteiger partial charge in [0.25, 0.3) is 12.3 Å². The van der Waals surface area contributed by atoms with Gasteiger partial charge in [0.2, 0.25) is 0 Å². The molecule has 0 atom stereocenters. The van der Waals surface area contributed by atoms with Crippen LogP contribution in [0.2, 0.25) is 0 Å². The second-order valence-corrected chi connectivity index (χ2v) is 6.41. The van der Waals surface area contributed by atoms with Crippen LogP contribution in [-0.2, 0) is 6.54 Å². The Kier molecular flexibility index (Phi) is 5.73. The van der Waals surface area contributed by atoms with Gasteiger partial charge in [0, 0.05) is 18.9 Å². The summed E-state index contributed by atoms with van der Waals surface area (Å²) in [6.45, 7) is -0.0354. The van der Waals surface area contributed by atoms with Gasteiger partial charge in [0.15, 0.2) is 23.3 Å². The number of amides is 1. The standard InChI is InChI=1S/C17H10BrF5N4O/c18-15-10(16(22)23)3-9(4-24-15)17(28)26-13-6-27(7-25-13)5-8-1-11(19)14(21)12(20)2-8/h1-4,6-7,16H,5H2,(H,26,28). The Hall–Kier alpha value is -2.82. The SMILES string of the molecule is O=C(Nc1cn(Cc2cc(F)c(F)c(F)c2)cn1)c1cnc(Br)c(C(F)F)c1. The molecule has 0 saturated heterocycles. The highest BCUT2D eigenvalue weighted by Crippen LogP contribution is 2.26. The Morgan fingerprint density at radius 3 is 2.46 bits per heavy atom. The molecule has 1 N–H and O–H groups in total. The van der Waals surface area contributed by atoms with E-state index < -0.39 is 35.3 Å². The minimum Gasteiger partial charge on any atom is -0.331 e. The topological polar surface area (TPSA) is 59.8 Å². The van der Waals surface area contributed by atoms with E-state index in [9.17, 15) is 26.7 Å². The van der Waals surface area contributed by atoms with Crippen LogP contribution < -0.4 is 5.32 Å². The molecule has 0 bridgehead atoms. The van der Waals surface area contributed by atoms with Crippen molar-refractivity contribution < 1.29 is 26.7 Å². The molecule has 3 rings (SSSR count). The van der Waals surface area contributed by atoms with Crippen molar-refractivity contribution in [2.45, 2.75) is 13.0 Å². The molecular formula is C17H10BrF5N4O. The zero-order valence-electron chi connectivity index (χ0n) is 13.8. The van der Waals surface area contributed by atoms with Crippen molar-refractivity contribution in [3.05, 3.63) is 75.7 Å². The van der Waals surface area contributed by atoms with E-state index in [1.807, 2.05) is 0 Å². The molecule has 0 saturated carbocycles. The average molecular weight is 461 g/mol. The Morgan fingerprint density at radius 2 is 1.82 bits per heavy atom. The predicted molar refractivity (Wildman–Crippen MR) is 92.5 cm³/mol. The Balaban J connectivity index is 1.73. The molecule has 1 amide bonds. The van der Waals surface area contributed by atoms with Crippen LogP contribution >= 0.6 is 15.9 Å². The summed E-state index contributed by atoms with van der Waals surface area (Å²) >= 11 is 2.88. The molecule has 0 fully saturated rings.